The Morgan fingerprint density at radius 2 is 2.14 bits per heavy atom. The summed E-state index contributed by atoms with van der Waals surface area (Å²) in [5.74, 6) is -0.195. The van der Waals surface area contributed by atoms with Crippen LogP contribution in [0.5, 0.6) is 0 Å². The van der Waals surface area contributed by atoms with Gasteiger partial charge in [-0.1, -0.05) is 0 Å². The van der Waals surface area contributed by atoms with Gasteiger partial charge in [-0.05, 0) is 60.7 Å². The Morgan fingerprint density at radius 3 is 2.96 bits per heavy atom. The van der Waals surface area contributed by atoms with Crippen LogP contribution in [0.2, 0.25) is 0 Å². The molecular formula is C21H16N6O. The lowest BCUT2D eigenvalue weighted by Gasteiger charge is -2.15. The number of rotatable bonds is 3. The molecule has 136 valence electrons. The zero-order valence-corrected chi connectivity index (χ0v) is 14.9. The number of nitriles is 1. The molecule has 2 aliphatic rings. The standard InChI is InChI=1S/C21H16N6O/c22-10-12-6-7-17-15(9-12)18(20(28)25-17)19-14-4-1-5-16(14)26-21(27-19)24-13-3-2-8-23-11-13/h2-3,6-9,11,18H,1,4-5H2,(H,25,28)(H,24,26,27). The Morgan fingerprint density at radius 1 is 1.21 bits per heavy atom. The average molecular weight is 368 g/mol. The van der Waals surface area contributed by atoms with E-state index in [1.807, 2.05) is 12.1 Å². The van der Waals surface area contributed by atoms with Crippen molar-refractivity contribution in [3.8, 4) is 6.07 Å². The molecule has 0 saturated carbocycles. The van der Waals surface area contributed by atoms with E-state index < -0.39 is 5.92 Å². The molecule has 0 radical (unpaired) electrons. The molecule has 7 nitrogen and oxygen atoms in total. The van der Waals surface area contributed by atoms with Crippen molar-refractivity contribution >= 4 is 23.2 Å². The first kappa shape index (κ1) is 16.4. The summed E-state index contributed by atoms with van der Waals surface area (Å²) in [6, 6.07) is 11.1. The second kappa shape index (κ2) is 6.43. The SMILES string of the molecule is N#Cc1ccc2c(c1)C(c1nc(Nc3cccnc3)nc3c1CCC3)C(=O)N2. The number of aryl methyl sites for hydroxylation is 1. The van der Waals surface area contributed by atoms with E-state index in [2.05, 4.69) is 26.7 Å². The van der Waals surface area contributed by atoms with Gasteiger partial charge in [0.05, 0.1) is 29.2 Å². The maximum atomic E-state index is 12.8. The van der Waals surface area contributed by atoms with Gasteiger partial charge in [0.25, 0.3) is 0 Å². The van der Waals surface area contributed by atoms with Crippen LogP contribution in [-0.2, 0) is 17.6 Å². The summed E-state index contributed by atoms with van der Waals surface area (Å²) >= 11 is 0. The number of carbonyl (C=O) groups is 1. The maximum Gasteiger partial charge on any atom is 0.238 e. The highest BCUT2D eigenvalue weighted by molar-refractivity contribution is 6.05. The van der Waals surface area contributed by atoms with E-state index in [-0.39, 0.29) is 5.91 Å². The number of benzene rings is 1. The van der Waals surface area contributed by atoms with Crippen molar-refractivity contribution in [2.75, 3.05) is 10.6 Å². The van der Waals surface area contributed by atoms with E-state index in [1.54, 1.807) is 30.6 Å². The van der Waals surface area contributed by atoms with Gasteiger partial charge in [0.1, 0.15) is 5.92 Å². The van der Waals surface area contributed by atoms with Crippen molar-refractivity contribution in [2.45, 2.75) is 25.2 Å². The van der Waals surface area contributed by atoms with Gasteiger partial charge in [-0.15, -0.1) is 0 Å². The molecule has 1 unspecified atom stereocenters. The van der Waals surface area contributed by atoms with Crippen molar-refractivity contribution in [2.24, 2.45) is 0 Å². The fourth-order valence-corrected chi connectivity index (χ4v) is 3.92. The van der Waals surface area contributed by atoms with Gasteiger partial charge in [0.2, 0.25) is 11.9 Å². The number of nitrogens with zero attached hydrogens (tertiary/aromatic N) is 4. The normalized spacial score (nSPS) is 16.8. The number of hydrogen-bond donors (Lipinski definition) is 2. The van der Waals surface area contributed by atoms with Crippen LogP contribution in [0.3, 0.4) is 0 Å². The molecule has 3 aromatic rings. The summed E-state index contributed by atoms with van der Waals surface area (Å²) in [7, 11) is 0. The van der Waals surface area contributed by atoms with Gasteiger partial charge >= 0.3 is 0 Å². The second-order valence-electron chi connectivity index (χ2n) is 6.91. The van der Waals surface area contributed by atoms with Gasteiger partial charge in [-0.2, -0.15) is 5.26 Å². The summed E-state index contributed by atoms with van der Waals surface area (Å²) < 4.78 is 0. The quantitative estimate of drug-likeness (QED) is 0.736. The molecular weight excluding hydrogens is 352 g/mol. The van der Waals surface area contributed by atoms with Gasteiger partial charge in [0, 0.05) is 17.6 Å². The minimum atomic E-state index is -0.535. The predicted molar refractivity (Wildman–Crippen MR) is 103 cm³/mol. The van der Waals surface area contributed by atoms with Crippen LogP contribution >= 0.6 is 0 Å². The van der Waals surface area contributed by atoms with Crippen molar-refractivity contribution < 1.29 is 4.79 Å². The van der Waals surface area contributed by atoms with Gasteiger partial charge < -0.3 is 10.6 Å². The minimum absolute atomic E-state index is 0.120. The number of hydrogen-bond acceptors (Lipinski definition) is 6. The Balaban J connectivity index is 1.63. The predicted octanol–water partition coefficient (Wildman–Crippen LogP) is 3.06. The molecule has 1 amide bonds. The molecule has 3 heterocycles. The Bertz CT molecular complexity index is 1140. The van der Waals surface area contributed by atoms with Crippen molar-refractivity contribution in [1.29, 1.82) is 5.26 Å². The van der Waals surface area contributed by atoms with E-state index >= 15 is 0 Å². The molecule has 7 heteroatoms. The van der Waals surface area contributed by atoms with Gasteiger partial charge in [0.15, 0.2) is 0 Å². The summed E-state index contributed by atoms with van der Waals surface area (Å²) in [5.41, 5.74) is 5.60. The Kier molecular flexibility index (Phi) is 3.76. The molecule has 1 atom stereocenters. The molecule has 28 heavy (non-hydrogen) atoms. The number of amides is 1. The first-order valence-corrected chi connectivity index (χ1v) is 9.14. The number of pyridine rings is 1. The third-order valence-corrected chi connectivity index (χ3v) is 5.17. The molecule has 0 bridgehead atoms. The molecule has 5 rings (SSSR count). The molecule has 1 aromatic carbocycles. The highest BCUT2D eigenvalue weighted by atomic mass is 16.2. The maximum absolute atomic E-state index is 12.8. The van der Waals surface area contributed by atoms with Gasteiger partial charge in [-0.25, -0.2) is 9.97 Å². The fourth-order valence-electron chi connectivity index (χ4n) is 3.92. The lowest BCUT2D eigenvalue weighted by Crippen LogP contribution is -2.18. The van der Waals surface area contributed by atoms with Crippen molar-refractivity contribution in [1.82, 2.24) is 15.0 Å². The Labute approximate surface area is 161 Å². The van der Waals surface area contributed by atoms with Crippen LogP contribution in [0, 0.1) is 11.3 Å². The van der Waals surface area contributed by atoms with Crippen LogP contribution in [0.25, 0.3) is 0 Å². The number of aromatic nitrogens is 3. The van der Waals surface area contributed by atoms with Crippen molar-refractivity contribution in [3.63, 3.8) is 0 Å². The summed E-state index contributed by atoms with van der Waals surface area (Å²) in [5, 5.41) is 15.4. The number of carbonyl (C=O) groups excluding carboxylic acids is 1. The number of nitrogens with one attached hydrogen (secondary N) is 2. The van der Waals surface area contributed by atoms with Crippen LogP contribution < -0.4 is 10.6 Å². The molecule has 1 aliphatic heterocycles. The molecule has 0 saturated heterocycles. The van der Waals surface area contributed by atoms with E-state index in [1.165, 1.54) is 0 Å². The van der Waals surface area contributed by atoms with Gasteiger partial charge in [-0.3, -0.25) is 9.78 Å². The van der Waals surface area contributed by atoms with Crippen LogP contribution in [0.4, 0.5) is 17.3 Å². The lowest BCUT2D eigenvalue weighted by molar-refractivity contribution is -0.116. The zero-order valence-electron chi connectivity index (χ0n) is 14.9. The molecule has 2 aromatic heterocycles. The van der Waals surface area contributed by atoms with Crippen molar-refractivity contribution in [3.05, 3.63) is 70.8 Å². The molecule has 0 fully saturated rings. The fraction of sp³-hybridized carbons (Fsp3) is 0.190. The second-order valence-corrected chi connectivity index (χ2v) is 6.91. The Hall–Kier alpha value is -3.79. The first-order valence-electron chi connectivity index (χ1n) is 9.14. The van der Waals surface area contributed by atoms with E-state index in [9.17, 15) is 10.1 Å². The van der Waals surface area contributed by atoms with Crippen LogP contribution in [0.15, 0.2) is 42.7 Å². The van der Waals surface area contributed by atoms with E-state index in [0.29, 0.717) is 11.5 Å². The largest absolute Gasteiger partial charge is 0.325 e. The highest BCUT2D eigenvalue weighted by Gasteiger charge is 2.37. The van der Waals surface area contributed by atoms with Crippen LogP contribution in [0.1, 0.15) is 40.4 Å². The van der Waals surface area contributed by atoms with E-state index in [4.69, 9.17) is 4.98 Å². The molecule has 2 N–H and O–H groups in total. The lowest BCUT2D eigenvalue weighted by atomic mass is 9.92. The minimum Gasteiger partial charge on any atom is -0.325 e. The molecule has 0 spiro atoms. The highest BCUT2D eigenvalue weighted by Crippen LogP contribution is 2.40. The molecule has 1 aliphatic carbocycles. The average Bonchev–Trinajstić information content (AvgIpc) is 3.31. The number of fused-ring (bicyclic) bond motifs is 2. The smallest absolute Gasteiger partial charge is 0.238 e. The topological polar surface area (TPSA) is 104 Å². The zero-order chi connectivity index (χ0) is 19.1. The number of anilines is 3. The summed E-state index contributed by atoms with van der Waals surface area (Å²) in [6.45, 7) is 0. The third-order valence-electron chi connectivity index (χ3n) is 5.17. The first-order chi connectivity index (χ1) is 13.7. The van der Waals surface area contributed by atoms with E-state index in [0.717, 1.165) is 53.2 Å². The third kappa shape index (κ3) is 2.67. The summed E-state index contributed by atoms with van der Waals surface area (Å²) in [4.78, 5) is 26.3. The summed E-state index contributed by atoms with van der Waals surface area (Å²) in [6.07, 6.45) is 6.12. The van der Waals surface area contributed by atoms with Crippen LogP contribution in [-0.4, -0.2) is 20.9 Å². The monoisotopic (exact) mass is 368 g/mol.